The normalized spacial score (nSPS) is 14.5. The molecule has 1 amide bonds. The molecule has 0 radical (unpaired) electrons. The molecule has 1 aromatic carbocycles. The van der Waals surface area contributed by atoms with Crippen LogP contribution in [0.5, 0.6) is 0 Å². The van der Waals surface area contributed by atoms with Crippen LogP contribution < -0.4 is 5.32 Å². The second-order valence-electron chi connectivity index (χ2n) is 5.67. The number of benzene rings is 1. The van der Waals surface area contributed by atoms with Crippen LogP contribution in [0.2, 0.25) is 0 Å². The van der Waals surface area contributed by atoms with Crippen LogP contribution in [0, 0.1) is 17.5 Å². The number of carbonyl (C=O) groups is 1. The Kier molecular flexibility index (Phi) is 5.22. The third-order valence-corrected chi connectivity index (χ3v) is 2.58. The summed E-state index contributed by atoms with van der Waals surface area (Å²) in [5.74, 6) is -3.73. The van der Waals surface area contributed by atoms with Crippen LogP contribution in [0.4, 0.5) is 18.0 Å². The van der Waals surface area contributed by atoms with Crippen LogP contribution in [0.1, 0.15) is 39.4 Å². The quantitative estimate of drug-likeness (QED) is 0.844. The Morgan fingerprint density at radius 2 is 1.71 bits per heavy atom. The Labute approximate surface area is 120 Å². The molecule has 4 nitrogen and oxygen atoms in total. The summed E-state index contributed by atoms with van der Waals surface area (Å²) < 4.78 is 44.5. The molecule has 0 aromatic heterocycles. The molecular formula is C14H18F3NO3. The van der Waals surface area contributed by atoms with Crippen molar-refractivity contribution in [3.63, 3.8) is 0 Å². The van der Waals surface area contributed by atoms with Gasteiger partial charge in [-0.25, -0.2) is 18.0 Å². The summed E-state index contributed by atoms with van der Waals surface area (Å²) in [6, 6.07) is -0.0596. The van der Waals surface area contributed by atoms with Gasteiger partial charge < -0.3 is 15.2 Å². The smallest absolute Gasteiger partial charge is 0.407 e. The van der Waals surface area contributed by atoms with E-state index in [-0.39, 0.29) is 0 Å². The molecule has 118 valence electrons. The van der Waals surface area contributed by atoms with Crippen molar-refractivity contribution in [3.05, 3.63) is 35.1 Å². The fourth-order valence-corrected chi connectivity index (χ4v) is 1.61. The topological polar surface area (TPSA) is 58.6 Å². The third kappa shape index (κ3) is 4.93. The molecule has 2 N–H and O–H groups in total. The first-order valence-electron chi connectivity index (χ1n) is 6.33. The number of hydrogen-bond donors (Lipinski definition) is 2. The van der Waals surface area contributed by atoms with Crippen LogP contribution in [0.3, 0.4) is 0 Å². The number of hydrogen-bond acceptors (Lipinski definition) is 3. The lowest BCUT2D eigenvalue weighted by Crippen LogP contribution is -2.40. The number of ether oxygens (including phenoxy) is 1. The van der Waals surface area contributed by atoms with E-state index in [2.05, 4.69) is 5.32 Å². The fraction of sp³-hybridized carbons (Fsp3) is 0.500. The zero-order chi connectivity index (χ0) is 16.4. The predicted octanol–water partition coefficient (Wildman–Crippen LogP) is 3.05. The molecule has 0 aliphatic heterocycles. The Hall–Kier alpha value is -1.76. The fourth-order valence-electron chi connectivity index (χ4n) is 1.61. The maximum Gasteiger partial charge on any atom is 0.407 e. The van der Waals surface area contributed by atoms with Crippen LogP contribution in [-0.4, -0.2) is 22.8 Å². The largest absolute Gasteiger partial charge is 0.444 e. The van der Waals surface area contributed by atoms with Crippen molar-refractivity contribution < 1.29 is 27.8 Å². The van der Waals surface area contributed by atoms with Crippen molar-refractivity contribution in [1.29, 1.82) is 0 Å². The predicted molar refractivity (Wildman–Crippen MR) is 70.1 cm³/mol. The summed E-state index contributed by atoms with van der Waals surface area (Å²) in [6.45, 7) is 6.35. The van der Waals surface area contributed by atoms with Crippen LogP contribution in [0.15, 0.2) is 12.1 Å². The van der Waals surface area contributed by atoms with E-state index in [0.717, 1.165) is 0 Å². The first kappa shape index (κ1) is 17.3. The van der Waals surface area contributed by atoms with E-state index in [1.807, 2.05) is 0 Å². The van der Waals surface area contributed by atoms with Crippen LogP contribution in [-0.2, 0) is 4.74 Å². The molecule has 2 atom stereocenters. The zero-order valence-electron chi connectivity index (χ0n) is 12.2. The van der Waals surface area contributed by atoms with Crippen molar-refractivity contribution in [1.82, 2.24) is 5.32 Å². The van der Waals surface area contributed by atoms with E-state index in [0.29, 0.717) is 12.1 Å². The molecule has 0 aliphatic rings. The minimum atomic E-state index is -1.55. The summed E-state index contributed by atoms with van der Waals surface area (Å²) in [4.78, 5) is 11.5. The SMILES string of the molecule is CC(NC(=O)OC(C)(C)C)C(O)c1cc(F)c(F)cc1F. The van der Waals surface area contributed by atoms with E-state index >= 15 is 0 Å². The average molecular weight is 305 g/mol. The Morgan fingerprint density at radius 1 is 1.19 bits per heavy atom. The molecule has 2 unspecified atom stereocenters. The van der Waals surface area contributed by atoms with Gasteiger partial charge in [0.25, 0.3) is 0 Å². The Bertz CT molecular complexity index is 529. The first-order chi connectivity index (χ1) is 9.51. The van der Waals surface area contributed by atoms with Gasteiger partial charge in [-0.05, 0) is 33.8 Å². The summed E-state index contributed by atoms with van der Waals surface area (Å²) in [7, 11) is 0. The van der Waals surface area contributed by atoms with Gasteiger partial charge in [-0.3, -0.25) is 0 Å². The Morgan fingerprint density at radius 3 is 2.24 bits per heavy atom. The van der Waals surface area contributed by atoms with Crippen LogP contribution in [0.25, 0.3) is 0 Å². The van der Waals surface area contributed by atoms with E-state index in [9.17, 15) is 23.1 Å². The maximum absolute atomic E-state index is 13.5. The molecule has 1 aromatic rings. The minimum absolute atomic E-state index is 0.341. The summed E-state index contributed by atoms with van der Waals surface area (Å²) in [5, 5.41) is 12.2. The highest BCUT2D eigenvalue weighted by molar-refractivity contribution is 5.68. The molecule has 0 fully saturated rings. The number of rotatable bonds is 3. The molecular weight excluding hydrogens is 287 g/mol. The van der Waals surface area contributed by atoms with Crippen molar-refractivity contribution in [3.8, 4) is 0 Å². The van der Waals surface area contributed by atoms with E-state index < -0.39 is 46.9 Å². The number of nitrogens with one attached hydrogen (secondary N) is 1. The zero-order valence-corrected chi connectivity index (χ0v) is 12.2. The first-order valence-corrected chi connectivity index (χ1v) is 6.33. The van der Waals surface area contributed by atoms with Crippen molar-refractivity contribution in [2.75, 3.05) is 0 Å². The highest BCUT2D eigenvalue weighted by Gasteiger charge is 2.25. The van der Waals surface area contributed by atoms with Crippen molar-refractivity contribution in [2.45, 2.75) is 45.4 Å². The van der Waals surface area contributed by atoms with E-state index in [4.69, 9.17) is 4.74 Å². The average Bonchev–Trinajstić information content (AvgIpc) is 2.30. The van der Waals surface area contributed by atoms with Gasteiger partial charge in [0.15, 0.2) is 11.6 Å². The monoisotopic (exact) mass is 305 g/mol. The van der Waals surface area contributed by atoms with Gasteiger partial charge in [-0.2, -0.15) is 0 Å². The summed E-state index contributed by atoms with van der Waals surface area (Å²) in [6.07, 6.45) is -2.36. The second-order valence-corrected chi connectivity index (χ2v) is 5.67. The van der Waals surface area contributed by atoms with Gasteiger partial charge in [0, 0.05) is 11.6 Å². The molecule has 7 heteroatoms. The highest BCUT2D eigenvalue weighted by Crippen LogP contribution is 2.23. The molecule has 21 heavy (non-hydrogen) atoms. The molecule has 0 bridgehead atoms. The molecule has 0 aliphatic carbocycles. The third-order valence-electron chi connectivity index (χ3n) is 2.58. The van der Waals surface area contributed by atoms with Crippen LogP contribution >= 0.6 is 0 Å². The molecule has 0 saturated heterocycles. The van der Waals surface area contributed by atoms with Gasteiger partial charge >= 0.3 is 6.09 Å². The summed E-state index contributed by atoms with van der Waals surface area (Å²) >= 11 is 0. The molecule has 0 spiro atoms. The lowest BCUT2D eigenvalue weighted by molar-refractivity contribution is 0.0432. The number of aliphatic hydroxyl groups excluding tert-OH is 1. The lowest BCUT2D eigenvalue weighted by atomic mass is 10.0. The highest BCUT2D eigenvalue weighted by atomic mass is 19.2. The van der Waals surface area contributed by atoms with E-state index in [1.54, 1.807) is 20.8 Å². The van der Waals surface area contributed by atoms with Gasteiger partial charge in [0.2, 0.25) is 0 Å². The van der Waals surface area contributed by atoms with Crippen molar-refractivity contribution >= 4 is 6.09 Å². The van der Waals surface area contributed by atoms with Gasteiger partial charge in [0.1, 0.15) is 17.5 Å². The standard InChI is InChI=1S/C14H18F3NO3/c1-7(18-13(20)21-14(2,3)4)12(19)8-5-10(16)11(17)6-9(8)15/h5-7,12,19H,1-4H3,(H,18,20). The Balaban J connectivity index is 2.81. The number of aliphatic hydroxyl groups is 1. The maximum atomic E-state index is 13.5. The van der Waals surface area contributed by atoms with E-state index in [1.165, 1.54) is 6.92 Å². The lowest BCUT2D eigenvalue weighted by Gasteiger charge is -2.24. The van der Waals surface area contributed by atoms with Gasteiger partial charge in [-0.1, -0.05) is 0 Å². The minimum Gasteiger partial charge on any atom is -0.444 e. The molecule has 0 saturated carbocycles. The molecule has 0 heterocycles. The number of amides is 1. The number of halogens is 3. The second kappa shape index (κ2) is 6.34. The van der Waals surface area contributed by atoms with Gasteiger partial charge in [-0.15, -0.1) is 0 Å². The van der Waals surface area contributed by atoms with Gasteiger partial charge in [0.05, 0.1) is 6.04 Å². The molecule has 1 rings (SSSR count). The number of carbonyl (C=O) groups excluding carboxylic acids is 1. The number of alkyl carbamates (subject to hydrolysis) is 1. The van der Waals surface area contributed by atoms with Crippen molar-refractivity contribution in [2.24, 2.45) is 0 Å². The summed E-state index contributed by atoms with van der Waals surface area (Å²) in [5.41, 5.74) is -1.18.